The van der Waals surface area contributed by atoms with Crippen LogP contribution in [0.2, 0.25) is 0 Å². The van der Waals surface area contributed by atoms with E-state index in [1.807, 2.05) is 54.6 Å². The quantitative estimate of drug-likeness (QED) is 0.630. The van der Waals surface area contributed by atoms with Crippen LogP contribution in [0.5, 0.6) is 0 Å². The molecule has 0 bridgehead atoms. The molecule has 1 aromatic heterocycles. The summed E-state index contributed by atoms with van der Waals surface area (Å²) in [7, 11) is 0. The van der Waals surface area contributed by atoms with Crippen molar-refractivity contribution in [2.45, 2.75) is 24.8 Å². The molecule has 2 aliphatic rings. The molecule has 33 heavy (non-hydrogen) atoms. The zero-order chi connectivity index (χ0) is 21.9. The summed E-state index contributed by atoms with van der Waals surface area (Å²) in [5.74, 6) is 0.663. The van der Waals surface area contributed by atoms with Crippen molar-refractivity contribution in [3.63, 3.8) is 0 Å². The molecule has 0 saturated carbocycles. The minimum Gasteiger partial charge on any atom is -0.382 e. The lowest BCUT2D eigenvalue weighted by atomic mass is 9.96. The zero-order valence-corrected chi connectivity index (χ0v) is 19.3. The minimum atomic E-state index is -0.0824. The first-order valence-corrected chi connectivity index (χ1v) is 10.9. The fourth-order valence-corrected chi connectivity index (χ4v) is 4.35. The highest BCUT2D eigenvalue weighted by molar-refractivity contribution is 7.59. The molecule has 0 aliphatic carbocycles. The molecule has 3 heterocycles. The van der Waals surface area contributed by atoms with Gasteiger partial charge in [0.05, 0.1) is 24.5 Å². The van der Waals surface area contributed by atoms with E-state index in [0.717, 1.165) is 42.9 Å². The third kappa shape index (κ3) is 4.88. The van der Waals surface area contributed by atoms with Crippen molar-refractivity contribution < 1.29 is 14.3 Å². The molecule has 3 aromatic rings. The van der Waals surface area contributed by atoms with Crippen LogP contribution < -0.4 is 5.73 Å². The van der Waals surface area contributed by atoms with Crippen molar-refractivity contribution in [3.8, 4) is 11.3 Å². The van der Waals surface area contributed by atoms with Gasteiger partial charge < -0.3 is 20.1 Å². The highest BCUT2D eigenvalue weighted by atomic mass is 32.1. The van der Waals surface area contributed by atoms with Gasteiger partial charge in [-0.2, -0.15) is 13.5 Å². The molecular weight excluding hydrogens is 436 g/mol. The van der Waals surface area contributed by atoms with Crippen molar-refractivity contribution in [2.75, 3.05) is 32.3 Å². The van der Waals surface area contributed by atoms with E-state index in [4.69, 9.17) is 20.2 Å². The second-order valence-corrected chi connectivity index (χ2v) is 8.19. The van der Waals surface area contributed by atoms with E-state index < -0.39 is 0 Å². The summed E-state index contributed by atoms with van der Waals surface area (Å²) in [6, 6.07) is 17.3. The standard InChI is InChI=1S/C25H26N4O3.H2S/c26-24-23(28-21(14-27-24)17-10-12-31-13-11-17)19-6-8-20(9-7-19)25(30)29-16-32-15-22(29)18-4-2-1-3-5-18;/h1-9,14,17,22H,10-13,15-16H2,(H2,26,27);1H2/t22-;/m1./s1. The number of nitrogens with zero attached hydrogens (tertiary/aromatic N) is 3. The number of ether oxygens (including phenoxy) is 2. The third-order valence-electron chi connectivity index (χ3n) is 6.19. The van der Waals surface area contributed by atoms with Gasteiger partial charge in [0.2, 0.25) is 0 Å². The van der Waals surface area contributed by atoms with E-state index in [0.29, 0.717) is 29.6 Å². The van der Waals surface area contributed by atoms with Gasteiger partial charge in [0.25, 0.3) is 5.91 Å². The molecule has 1 amide bonds. The predicted octanol–water partition coefficient (Wildman–Crippen LogP) is 3.90. The Morgan fingerprint density at radius 2 is 1.73 bits per heavy atom. The monoisotopic (exact) mass is 464 g/mol. The van der Waals surface area contributed by atoms with Gasteiger partial charge in [0.15, 0.2) is 0 Å². The summed E-state index contributed by atoms with van der Waals surface area (Å²) in [6.45, 7) is 2.27. The topological polar surface area (TPSA) is 90.6 Å². The molecule has 0 spiro atoms. The number of amides is 1. The maximum atomic E-state index is 13.2. The van der Waals surface area contributed by atoms with Gasteiger partial charge in [-0.25, -0.2) is 9.97 Å². The predicted molar refractivity (Wildman–Crippen MR) is 131 cm³/mol. The zero-order valence-electron chi connectivity index (χ0n) is 18.3. The van der Waals surface area contributed by atoms with Gasteiger partial charge in [-0.1, -0.05) is 42.5 Å². The van der Waals surface area contributed by atoms with Crippen LogP contribution in [-0.2, 0) is 9.47 Å². The number of rotatable bonds is 4. The summed E-state index contributed by atoms with van der Waals surface area (Å²) in [5, 5.41) is 0. The molecule has 8 heteroatoms. The second-order valence-electron chi connectivity index (χ2n) is 8.19. The number of carbonyl (C=O) groups excluding carboxylic acids is 1. The Bertz CT molecular complexity index is 1090. The molecule has 0 radical (unpaired) electrons. The molecule has 2 aromatic carbocycles. The van der Waals surface area contributed by atoms with E-state index >= 15 is 0 Å². The maximum absolute atomic E-state index is 13.2. The number of nitrogens with two attached hydrogens (primary N) is 1. The van der Waals surface area contributed by atoms with E-state index in [-0.39, 0.29) is 32.2 Å². The highest BCUT2D eigenvalue weighted by Crippen LogP contribution is 2.31. The third-order valence-corrected chi connectivity index (χ3v) is 6.19. The second kappa shape index (κ2) is 10.3. The number of anilines is 1. The average molecular weight is 465 g/mol. The molecule has 2 saturated heterocycles. The highest BCUT2D eigenvalue weighted by Gasteiger charge is 2.31. The van der Waals surface area contributed by atoms with E-state index in [1.165, 1.54) is 0 Å². The first-order chi connectivity index (χ1) is 15.7. The first kappa shape index (κ1) is 23.2. The number of hydrogen-bond acceptors (Lipinski definition) is 6. The van der Waals surface area contributed by atoms with Crippen LogP contribution in [0.25, 0.3) is 11.3 Å². The van der Waals surface area contributed by atoms with Gasteiger partial charge in [0.1, 0.15) is 18.2 Å². The van der Waals surface area contributed by atoms with Crippen LogP contribution in [0.1, 0.15) is 46.4 Å². The molecule has 5 rings (SSSR count). The molecule has 172 valence electrons. The Morgan fingerprint density at radius 3 is 2.45 bits per heavy atom. The lowest BCUT2D eigenvalue weighted by Gasteiger charge is -2.23. The van der Waals surface area contributed by atoms with E-state index in [9.17, 15) is 4.79 Å². The van der Waals surface area contributed by atoms with Crippen LogP contribution >= 0.6 is 13.5 Å². The van der Waals surface area contributed by atoms with Crippen molar-refractivity contribution in [2.24, 2.45) is 0 Å². The van der Waals surface area contributed by atoms with Crippen LogP contribution in [0.4, 0.5) is 5.82 Å². The average Bonchev–Trinajstić information content (AvgIpc) is 3.35. The molecule has 2 N–H and O–H groups in total. The fourth-order valence-electron chi connectivity index (χ4n) is 4.35. The van der Waals surface area contributed by atoms with Crippen molar-refractivity contribution >= 4 is 25.2 Å². The first-order valence-electron chi connectivity index (χ1n) is 10.9. The Hall–Kier alpha value is -2.94. The smallest absolute Gasteiger partial charge is 0.256 e. The summed E-state index contributed by atoms with van der Waals surface area (Å²) in [5.41, 5.74) is 10.3. The van der Waals surface area contributed by atoms with Crippen molar-refractivity contribution in [3.05, 3.63) is 77.6 Å². The molecule has 2 fully saturated rings. The van der Waals surface area contributed by atoms with E-state index in [2.05, 4.69) is 4.98 Å². The normalized spacial score (nSPS) is 18.7. The fraction of sp³-hybridized carbons (Fsp3) is 0.320. The number of benzene rings is 2. The van der Waals surface area contributed by atoms with Gasteiger partial charge in [-0.3, -0.25) is 4.79 Å². The van der Waals surface area contributed by atoms with Gasteiger partial charge in [0, 0.05) is 30.3 Å². The molecule has 0 unspecified atom stereocenters. The van der Waals surface area contributed by atoms with Crippen molar-refractivity contribution in [1.29, 1.82) is 0 Å². The van der Waals surface area contributed by atoms with Crippen LogP contribution in [0.3, 0.4) is 0 Å². The van der Waals surface area contributed by atoms with Gasteiger partial charge >= 0.3 is 0 Å². The Morgan fingerprint density at radius 1 is 1.00 bits per heavy atom. The van der Waals surface area contributed by atoms with Crippen LogP contribution in [-0.4, -0.2) is 47.3 Å². The summed E-state index contributed by atoms with van der Waals surface area (Å²) in [4.78, 5) is 24.1. The summed E-state index contributed by atoms with van der Waals surface area (Å²) >= 11 is 0. The molecule has 7 nitrogen and oxygen atoms in total. The van der Waals surface area contributed by atoms with Gasteiger partial charge in [-0.05, 0) is 30.5 Å². The Kier molecular flexibility index (Phi) is 7.27. The summed E-state index contributed by atoms with van der Waals surface area (Å²) < 4.78 is 11.1. The molecule has 2 aliphatic heterocycles. The van der Waals surface area contributed by atoms with Crippen molar-refractivity contribution in [1.82, 2.24) is 14.9 Å². The number of nitrogen functional groups attached to an aromatic ring is 1. The number of carbonyl (C=O) groups is 1. The lowest BCUT2D eigenvalue weighted by molar-refractivity contribution is 0.0659. The largest absolute Gasteiger partial charge is 0.382 e. The number of aromatic nitrogens is 2. The number of hydrogen-bond donors (Lipinski definition) is 1. The SMILES string of the molecule is Nc1ncc(C2CCOCC2)nc1-c1ccc(C(=O)N2COC[C@@H]2c2ccccc2)cc1.S. The Balaban J connectivity index is 0.00000259. The van der Waals surface area contributed by atoms with Crippen LogP contribution in [0, 0.1) is 0 Å². The minimum absolute atomic E-state index is 0. The van der Waals surface area contributed by atoms with E-state index in [1.54, 1.807) is 11.1 Å². The maximum Gasteiger partial charge on any atom is 0.256 e. The molecular formula is C25H28N4O3S. The summed E-state index contributed by atoms with van der Waals surface area (Å²) in [6.07, 6.45) is 3.64. The van der Waals surface area contributed by atoms with Gasteiger partial charge in [-0.15, -0.1) is 0 Å². The van der Waals surface area contributed by atoms with Crippen LogP contribution in [0.15, 0.2) is 60.8 Å². The lowest BCUT2D eigenvalue weighted by Crippen LogP contribution is -2.31. The Labute approximate surface area is 200 Å². The molecule has 1 atom stereocenters.